The molecule has 20 heavy (non-hydrogen) atoms. The van der Waals surface area contributed by atoms with Gasteiger partial charge in [0, 0.05) is 11.8 Å². The minimum absolute atomic E-state index is 0.172. The van der Waals surface area contributed by atoms with Crippen LogP contribution >= 0.6 is 11.8 Å². The molecule has 1 aliphatic carbocycles. The first kappa shape index (κ1) is 13.9. The standard InChI is InChI=1S/C16H21FN2S/c1-11(9-12-5-7-14(17)8-6-12)18-16-19-15-4-2-3-13(15)10-20-16/h5-8,11,13,15H,2-4,9-10H2,1H3,(H,18,19). The molecule has 0 radical (unpaired) electrons. The van der Waals surface area contributed by atoms with Crippen molar-refractivity contribution in [2.24, 2.45) is 10.9 Å². The van der Waals surface area contributed by atoms with Gasteiger partial charge in [0.25, 0.3) is 0 Å². The van der Waals surface area contributed by atoms with Crippen LogP contribution in [0.25, 0.3) is 0 Å². The zero-order chi connectivity index (χ0) is 13.9. The van der Waals surface area contributed by atoms with Crippen LogP contribution in [0.1, 0.15) is 31.7 Å². The first-order chi connectivity index (χ1) is 9.70. The third-order valence-electron chi connectivity index (χ3n) is 4.16. The third-order valence-corrected chi connectivity index (χ3v) is 5.25. The molecule has 1 aliphatic heterocycles. The van der Waals surface area contributed by atoms with Crippen LogP contribution in [0.3, 0.4) is 0 Å². The molecule has 0 saturated heterocycles. The number of benzene rings is 1. The number of amidine groups is 1. The third kappa shape index (κ3) is 3.35. The second-order valence-corrected chi connectivity index (χ2v) is 6.89. The number of nitrogens with one attached hydrogen (secondary N) is 1. The van der Waals surface area contributed by atoms with Gasteiger partial charge in [0.05, 0.1) is 6.04 Å². The molecule has 0 amide bonds. The van der Waals surface area contributed by atoms with E-state index in [9.17, 15) is 4.39 Å². The Kier molecular flexibility index (Phi) is 4.29. The van der Waals surface area contributed by atoms with Gasteiger partial charge in [0.2, 0.25) is 0 Å². The molecule has 1 aromatic rings. The monoisotopic (exact) mass is 292 g/mol. The molecule has 4 heteroatoms. The van der Waals surface area contributed by atoms with E-state index >= 15 is 0 Å². The number of fused-ring (bicyclic) bond motifs is 1. The van der Waals surface area contributed by atoms with Crippen molar-refractivity contribution >= 4 is 16.9 Å². The van der Waals surface area contributed by atoms with E-state index in [1.807, 2.05) is 23.9 Å². The van der Waals surface area contributed by atoms with Crippen LogP contribution in [0.15, 0.2) is 29.3 Å². The summed E-state index contributed by atoms with van der Waals surface area (Å²) < 4.78 is 12.9. The Bertz CT molecular complexity index is 486. The molecule has 1 aromatic carbocycles. The fraction of sp³-hybridized carbons (Fsp3) is 0.562. The Balaban J connectivity index is 1.56. The smallest absolute Gasteiger partial charge is 0.157 e. The lowest BCUT2D eigenvalue weighted by molar-refractivity contribution is 0.530. The van der Waals surface area contributed by atoms with Gasteiger partial charge in [-0.2, -0.15) is 0 Å². The summed E-state index contributed by atoms with van der Waals surface area (Å²) in [6, 6.07) is 7.64. The van der Waals surface area contributed by atoms with E-state index in [2.05, 4.69) is 12.2 Å². The van der Waals surface area contributed by atoms with Gasteiger partial charge in [0.15, 0.2) is 5.17 Å². The average molecular weight is 292 g/mol. The van der Waals surface area contributed by atoms with E-state index in [1.54, 1.807) is 0 Å². The molecule has 1 fully saturated rings. The summed E-state index contributed by atoms with van der Waals surface area (Å²) in [6.07, 6.45) is 4.83. The second kappa shape index (κ2) is 6.17. The molecule has 3 rings (SSSR count). The molecule has 1 N–H and O–H groups in total. The Morgan fingerprint density at radius 3 is 2.95 bits per heavy atom. The Hall–Kier alpha value is -1.03. The number of halogens is 1. The van der Waals surface area contributed by atoms with Crippen molar-refractivity contribution in [3.05, 3.63) is 35.6 Å². The minimum Gasteiger partial charge on any atom is -0.362 e. The van der Waals surface area contributed by atoms with Gasteiger partial charge < -0.3 is 5.32 Å². The van der Waals surface area contributed by atoms with E-state index in [4.69, 9.17) is 4.99 Å². The van der Waals surface area contributed by atoms with Crippen LogP contribution in [0.5, 0.6) is 0 Å². The van der Waals surface area contributed by atoms with Crippen LogP contribution < -0.4 is 5.32 Å². The van der Waals surface area contributed by atoms with Gasteiger partial charge in [-0.15, -0.1) is 0 Å². The highest BCUT2D eigenvalue weighted by atomic mass is 32.2. The number of hydrogen-bond acceptors (Lipinski definition) is 3. The van der Waals surface area contributed by atoms with Crippen molar-refractivity contribution in [1.82, 2.24) is 5.32 Å². The van der Waals surface area contributed by atoms with Gasteiger partial charge in [-0.05, 0) is 49.8 Å². The van der Waals surface area contributed by atoms with Crippen LogP contribution in [0.4, 0.5) is 4.39 Å². The summed E-state index contributed by atoms with van der Waals surface area (Å²) in [5.74, 6) is 1.84. The number of aliphatic imine (C=N–C) groups is 1. The number of rotatable bonds is 3. The van der Waals surface area contributed by atoms with Gasteiger partial charge in [-0.1, -0.05) is 30.3 Å². The van der Waals surface area contributed by atoms with E-state index in [0.29, 0.717) is 12.1 Å². The topological polar surface area (TPSA) is 24.4 Å². The second-order valence-electron chi connectivity index (χ2n) is 5.88. The summed E-state index contributed by atoms with van der Waals surface area (Å²) >= 11 is 1.86. The van der Waals surface area contributed by atoms with E-state index in [1.165, 1.54) is 37.1 Å². The zero-order valence-electron chi connectivity index (χ0n) is 11.8. The van der Waals surface area contributed by atoms with Crippen molar-refractivity contribution in [2.45, 2.75) is 44.7 Å². The van der Waals surface area contributed by atoms with Crippen molar-refractivity contribution in [2.75, 3.05) is 5.75 Å². The van der Waals surface area contributed by atoms with Crippen LogP contribution in [0, 0.1) is 11.7 Å². The fourth-order valence-electron chi connectivity index (χ4n) is 3.07. The normalized spacial score (nSPS) is 26.8. The predicted octanol–water partition coefficient (Wildman–Crippen LogP) is 3.62. The van der Waals surface area contributed by atoms with Gasteiger partial charge in [0.1, 0.15) is 5.82 Å². The molecule has 2 nitrogen and oxygen atoms in total. The Morgan fingerprint density at radius 2 is 2.15 bits per heavy atom. The number of hydrogen-bond donors (Lipinski definition) is 1. The molecule has 2 aliphatic rings. The molecule has 0 aromatic heterocycles. The van der Waals surface area contributed by atoms with Crippen molar-refractivity contribution in [1.29, 1.82) is 0 Å². The van der Waals surface area contributed by atoms with E-state index in [0.717, 1.165) is 23.1 Å². The lowest BCUT2D eigenvalue weighted by Gasteiger charge is -2.25. The van der Waals surface area contributed by atoms with Crippen LogP contribution in [0.2, 0.25) is 0 Å². The lowest BCUT2D eigenvalue weighted by atomic mass is 10.1. The summed E-state index contributed by atoms with van der Waals surface area (Å²) in [6.45, 7) is 2.16. The summed E-state index contributed by atoms with van der Waals surface area (Å²) in [5.41, 5.74) is 1.16. The van der Waals surface area contributed by atoms with Gasteiger partial charge >= 0.3 is 0 Å². The van der Waals surface area contributed by atoms with Gasteiger partial charge in [-0.3, -0.25) is 4.99 Å². The molecule has 3 atom stereocenters. The van der Waals surface area contributed by atoms with Crippen molar-refractivity contribution in [3.63, 3.8) is 0 Å². The summed E-state index contributed by atoms with van der Waals surface area (Å²) in [7, 11) is 0. The van der Waals surface area contributed by atoms with Crippen molar-refractivity contribution < 1.29 is 4.39 Å². The molecule has 0 bridgehead atoms. The SMILES string of the molecule is CC(Cc1ccc(F)cc1)NC1=NC2CCCC2CS1. The number of thioether (sulfide) groups is 1. The molecule has 0 spiro atoms. The van der Waals surface area contributed by atoms with E-state index in [-0.39, 0.29) is 5.82 Å². The quantitative estimate of drug-likeness (QED) is 0.920. The highest BCUT2D eigenvalue weighted by Gasteiger charge is 2.31. The summed E-state index contributed by atoms with van der Waals surface area (Å²) in [4.78, 5) is 4.85. The number of nitrogens with zero attached hydrogens (tertiary/aromatic N) is 1. The van der Waals surface area contributed by atoms with Crippen molar-refractivity contribution in [3.8, 4) is 0 Å². The molecular formula is C16H21FN2S. The molecule has 1 heterocycles. The molecule has 108 valence electrons. The largest absolute Gasteiger partial charge is 0.362 e. The lowest BCUT2D eigenvalue weighted by Crippen LogP contribution is -2.36. The highest BCUT2D eigenvalue weighted by Crippen LogP contribution is 2.35. The molecule has 3 unspecified atom stereocenters. The van der Waals surface area contributed by atoms with Crippen LogP contribution in [-0.2, 0) is 6.42 Å². The maximum Gasteiger partial charge on any atom is 0.157 e. The van der Waals surface area contributed by atoms with Crippen LogP contribution in [-0.4, -0.2) is 23.0 Å². The first-order valence-corrected chi connectivity index (χ1v) is 8.41. The predicted molar refractivity (Wildman–Crippen MR) is 83.7 cm³/mol. The molecule has 1 saturated carbocycles. The first-order valence-electron chi connectivity index (χ1n) is 7.42. The maximum absolute atomic E-state index is 12.9. The van der Waals surface area contributed by atoms with Gasteiger partial charge in [-0.25, -0.2) is 4.39 Å². The highest BCUT2D eigenvalue weighted by molar-refractivity contribution is 8.13. The Labute approximate surface area is 124 Å². The van der Waals surface area contributed by atoms with E-state index < -0.39 is 0 Å². The maximum atomic E-state index is 12.9. The molecular weight excluding hydrogens is 271 g/mol. The summed E-state index contributed by atoms with van der Waals surface area (Å²) in [5, 5.41) is 4.61. The average Bonchev–Trinajstić information content (AvgIpc) is 2.89. The fourth-order valence-corrected chi connectivity index (χ4v) is 4.33. The Morgan fingerprint density at radius 1 is 1.35 bits per heavy atom. The zero-order valence-corrected chi connectivity index (χ0v) is 12.6. The minimum atomic E-state index is -0.172.